The molecule has 0 N–H and O–H groups in total. The van der Waals surface area contributed by atoms with Crippen molar-refractivity contribution < 1.29 is 22.4 Å². The summed E-state index contributed by atoms with van der Waals surface area (Å²) in [6, 6.07) is 2.53. The molecule has 0 bridgehead atoms. The van der Waals surface area contributed by atoms with E-state index in [0.717, 1.165) is 19.2 Å². The van der Waals surface area contributed by atoms with Crippen molar-refractivity contribution in [2.24, 2.45) is 7.05 Å². The molecule has 0 amide bonds. The zero-order valence-corrected chi connectivity index (χ0v) is 12.5. The van der Waals surface area contributed by atoms with Gasteiger partial charge in [0.25, 0.3) is 0 Å². The van der Waals surface area contributed by atoms with Crippen LogP contribution in [0.5, 0.6) is 0 Å². The minimum atomic E-state index is -4.75. The van der Waals surface area contributed by atoms with Gasteiger partial charge in [-0.05, 0) is 31.5 Å². The van der Waals surface area contributed by atoms with Crippen molar-refractivity contribution in [2.45, 2.75) is 20.0 Å². The molecule has 8 heteroatoms. The van der Waals surface area contributed by atoms with Crippen molar-refractivity contribution >= 4 is 5.78 Å². The molecule has 4 nitrogen and oxygen atoms in total. The van der Waals surface area contributed by atoms with Crippen LogP contribution in [-0.4, -0.2) is 15.6 Å². The summed E-state index contributed by atoms with van der Waals surface area (Å²) in [5.74, 6) is -1.19. The van der Waals surface area contributed by atoms with Gasteiger partial charge in [0, 0.05) is 24.2 Å². The van der Waals surface area contributed by atoms with Crippen molar-refractivity contribution in [3.63, 3.8) is 0 Å². The van der Waals surface area contributed by atoms with Crippen LogP contribution in [0.3, 0.4) is 0 Å². The maximum absolute atomic E-state index is 14.1. The SMILES string of the molecule is CC(=O)c1cc(-c2nn(C)c(C(F)(F)F)cc2=O)c(F)cc1C. The topological polar surface area (TPSA) is 52.0 Å². The number of rotatable bonds is 2. The van der Waals surface area contributed by atoms with Gasteiger partial charge in [0.05, 0.1) is 0 Å². The average Bonchev–Trinajstić information content (AvgIpc) is 2.39. The quantitative estimate of drug-likeness (QED) is 0.629. The molecule has 23 heavy (non-hydrogen) atoms. The van der Waals surface area contributed by atoms with Crippen LogP contribution in [0.15, 0.2) is 23.0 Å². The molecule has 0 aliphatic carbocycles. The van der Waals surface area contributed by atoms with Gasteiger partial charge in [-0.25, -0.2) is 4.39 Å². The summed E-state index contributed by atoms with van der Waals surface area (Å²) in [6.07, 6.45) is -4.75. The Morgan fingerprint density at radius 1 is 1.22 bits per heavy atom. The van der Waals surface area contributed by atoms with Gasteiger partial charge in [0.15, 0.2) is 5.78 Å². The number of alkyl halides is 3. The Labute approximate surface area is 128 Å². The van der Waals surface area contributed by atoms with Crippen LogP contribution >= 0.6 is 0 Å². The van der Waals surface area contributed by atoms with Crippen LogP contribution in [0.25, 0.3) is 11.3 Å². The van der Waals surface area contributed by atoms with Crippen LogP contribution in [0.2, 0.25) is 0 Å². The number of hydrogen-bond donors (Lipinski definition) is 0. The summed E-state index contributed by atoms with van der Waals surface area (Å²) < 4.78 is 52.8. The first-order valence-corrected chi connectivity index (χ1v) is 6.49. The number of carbonyl (C=O) groups excluding carboxylic acids is 1. The highest BCUT2D eigenvalue weighted by Crippen LogP contribution is 2.29. The van der Waals surface area contributed by atoms with Crippen molar-refractivity contribution in [1.29, 1.82) is 0 Å². The van der Waals surface area contributed by atoms with Crippen molar-refractivity contribution in [3.05, 3.63) is 51.1 Å². The molecule has 0 spiro atoms. The van der Waals surface area contributed by atoms with E-state index in [0.29, 0.717) is 16.3 Å². The molecule has 0 unspecified atom stereocenters. The zero-order chi connectivity index (χ0) is 17.5. The number of halogens is 4. The molecular formula is C15H12F4N2O2. The maximum atomic E-state index is 14.1. The fourth-order valence-electron chi connectivity index (χ4n) is 2.22. The molecule has 1 heterocycles. The highest BCUT2D eigenvalue weighted by Gasteiger charge is 2.34. The predicted molar refractivity (Wildman–Crippen MR) is 74.6 cm³/mol. The minimum absolute atomic E-state index is 0.171. The highest BCUT2D eigenvalue weighted by atomic mass is 19.4. The number of aromatic nitrogens is 2. The Hall–Kier alpha value is -2.51. The first-order valence-electron chi connectivity index (χ1n) is 6.49. The second-order valence-corrected chi connectivity index (χ2v) is 5.07. The number of carbonyl (C=O) groups is 1. The largest absolute Gasteiger partial charge is 0.433 e. The Morgan fingerprint density at radius 3 is 2.35 bits per heavy atom. The van der Waals surface area contributed by atoms with Gasteiger partial charge in [-0.3, -0.25) is 14.3 Å². The molecule has 0 saturated heterocycles. The van der Waals surface area contributed by atoms with E-state index in [9.17, 15) is 27.2 Å². The Balaban J connectivity index is 2.74. The van der Waals surface area contributed by atoms with Crippen molar-refractivity contribution in [2.75, 3.05) is 0 Å². The lowest BCUT2D eigenvalue weighted by atomic mass is 9.99. The van der Waals surface area contributed by atoms with E-state index in [4.69, 9.17) is 0 Å². The van der Waals surface area contributed by atoms with Gasteiger partial charge in [0.2, 0.25) is 5.43 Å². The van der Waals surface area contributed by atoms with Gasteiger partial charge < -0.3 is 0 Å². The van der Waals surface area contributed by atoms with Crippen molar-refractivity contribution in [3.8, 4) is 11.3 Å². The van der Waals surface area contributed by atoms with Crippen LogP contribution in [-0.2, 0) is 13.2 Å². The predicted octanol–water partition coefficient (Wildman–Crippen LogP) is 3.12. The second kappa shape index (κ2) is 5.60. The molecule has 0 atom stereocenters. The first kappa shape index (κ1) is 16.9. The standard InChI is InChI=1S/C15H12F4N2O2/c1-7-4-11(16)10(5-9(7)8(2)22)14-12(23)6-13(15(17,18)19)21(3)20-14/h4-6H,1-3H3. The van der Waals surface area contributed by atoms with E-state index in [1.165, 1.54) is 13.8 Å². The molecule has 0 fully saturated rings. The smallest absolute Gasteiger partial charge is 0.295 e. The molecule has 0 aliphatic rings. The molecular weight excluding hydrogens is 316 g/mol. The molecule has 2 aromatic rings. The summed E-state index contributed by atoms with van der Waals surface area (Å²) in [6.45, 7) is 2.78. The number of aryl methyl sites for hydroxylation is 2. The van der Waals surface area contributed by atoms with E-state index in [1.54, 1.807) is 0 Å². The number of ketones is 1. The molecule has 1 aromatic carbocycles. The monoisotopic (exact) mass is 328 g/mol. The fourth-order valence-corrected chi connectivity index (χ4v) is 2.22. The Bertz CT molecular complexity index is 854. The Morgan fingerprint density at radius 2 is 1.83 bits per heavy atom. The number of Topliss-reactive ketones (excluding diaryl/α,β-unsaturated/α-hetero) is 1. The van der Waals surface area contributed by atoms with Crippen molar-refractivity contribution in [1.82, 2.24) is 9.78 Å². The lowest BCUT2D eigenvalue weighted by Crippen LogP contribution is -2.23. The van der Waals surface area contributed by atoms with Gasteiger partial charge in [0.1, 0.15) is 17.2 Å². The number of benzene rings is 1. The maximum Gasteiger partial charge on any atom is 0.433 e. The van der Waals surface area contributed by atoms with Crippen LogP contribution in [0.4, 0.5) is 17.6 Å². The lowest BCUT2D eigenvalue weighted by Gasteiger charge is -2.13. The molecule has 2 rings (SSSR count). The molecule has 0 radical (unpaired) electrons. The molecule has 122 valence electrons. The van der Waals surface area contributed by atoms with Gasteiger partial charge in [-0.2, -0.15) is 18.3 Å². The summed E-state index contributed by atoms with van der Waals surface area (Å²) >= 11 is 0. The zero-order valence-electron chi connectivity index (χ0n) is 12.5. The van der Waals surface area contributed by atoms with Crippen LogP contribution < -0.4 is 5.43 Å². The van der Waals surface area contributed by atoms with Gasteiger partial charge in [-0.1, -0.05) is 0 Å². The molecule has 0 saturated carbocycles. The first-order chi connectivity index (χ1) is 10.5. The molecule has 0 aliphatic heterocycles. The third kappa shape index (κ3) is 3.15. The van der Waals surface area contributed by atoms with Crippen LogP contribution in [0.1, 0.15) is 28.5 Å². The normalized spacial score (nSPS) is 11.6. The van der Waals surface area contributed by atoms with Gasteiger partial charge in [-0.15, -0.1) is 0 Å². The van der Waals surface area contributed by atoms with E-state index in [1.807, 2.05) is 0 Å². The van der Waals surface area contributed by atoms with Crippen LogP contribution in [0, 0.1) is 12.7 Å². The highest BCUT2D eigenvalue weighted by molar-refractivity contribution is 5.96. The third-order valence-corrected chi connectivity index (χ3v) is 3.34. The summed E-state index contributed by atoms with van der Waals surface area (Å²) in [5.41, 5.74) is -2.58. The minimum Gasteiger partial charge on any atom is -0.295 e. The second-order valence-electron chi connectivity index (χ2n) is 5.07. The summed E-state index contributed by atoms with van der Waals surface area (Å²) in [7, 11) is 1.00. The summed E-state index contributed by atoms with van der Waals surface area (Å²) in [4.78, 5) is 23.5. The van der Waals surface area contributed by atoms with E-state index in [-0.39, 0.29) is 16.9 Å². The third-order valence-electron chi connectivity index (χ3n) is 3.34. The average molecular weight is 328 g/mol. The number of hydrogen-bond acceptors (Lipinski definition) is 3. The van der Waals surface area contributed by atoms with E-state index in [2.05, 4.69) is 5.10 Å². The summed E-state index contributed by atoms with van der Waals surface area (Å²) in [5, 5.41) is 3.53. The van der Waals surface area contributed by atoms with E-state index < -0.39 is 28.8 Å². The molecule has 1 aromatic heterocycles. The number of nitrogens with zero attached hydrogens (tertiary/aromatic N) is 2. The van der Waals surface area contributed by atoms with E-state index >= 15 is 0 Å². The van der Waals surface area contributed by atoms with Gasteiger partial charge >= 0.3 is 6.18 Å². The Kier molecular flexibility index (Phi) is 4.10. The fraction of sp³-hybridized carbons (Fsp3) is 0.267. The lowest BCUT2D eigenvalue weighted by molar-refractivity contribution is -0.144.